The number of hydrogen-bond acceptors (Lipinski definition) is 6. The number of phosphoric acid groups is 3. The third-order valence-electron chi connectivity index (χ3n) is 1.93. The summed E-state index contributed by atoms with van der Waals surface area (Å²) < 4.78 is 36.4. The molecule has 0 bridgehead atoms. The lowest BCUT2D eigenvalue weighted by molar-refractivity contribution is 0.204. The first-order chi connectivity index (χ1) is 10.4. The summed E-state index contributed by atoms with van der Waals surface area (Å²) in [6, 6.07) is 12.1. The van der Waals surface area contributed by atoms with E-state index in [1.54, 1.807) is 0 Å². The standard InChI is InChI=1S/C9H7N.H5O10P3/c1-2-6-9-8(4-1)5-3-7-10-9;1-11(2,3)9-13(7,8)10-12(4,5)6/h1-7H;(H,7,8)(H2,1,2,3)(H2,4,5,6). The molecule has 0 amide bonds. The summed E-state index contributed by atoms with van der Waals surface area (Å²) >= 11 is 0. The van der Waals surface area contributed by atoms with Crippen LogP contribution in [0.25, 0.3) is 10.9 Å². The SMILES string of the molecule is O=P(O)(O)OP(=O)(O)OP(=O)(O)O.c1ccc2ncccc2c1. The number of pyridine rings is 1. The van der Waals surface area contributed by atoms with Crippen LogP contribution in [-0.2, 0) is 22.3 Å². The fourth-order valence-corrected chi connectivity index (χ4v) is 3.84. The fraction of sp³-hybridized carbons (Fsp3) is 0. The van der Waals surface area contributed by atoms with Crippen LogP contribution in [0.15, 0.2) is 42.6 Å². The Balaban J connectivity index is 0.000000235. The number of fused-ring (bicyclic) bond motifs is 1. The fourth-order valence-electron chi connectivity index (χ4n) is 1.30. The third kappa shape index (κ3) is 9.04. The zero-order valence-corrected chi connectivity index (χ0v) is 13.8. The van der Waals surface area contributed by atoms with Crippen molar-refractivity contribution in [3.8, 4) is 0 Å². The van der Waals surface area contributed by atoms with E-state index in [9.17, 15) is 13.7 Å². The van der Waals surface area contributed by atoms with Crippen LogP contribution in [0, 0.1) is 0 Å². The van der Waals surface area contributed by atoms with Crippen molar-refractivity contribution in [1.82, 2.24) is 4.98 Å². The van der Waals surface area contributed by atoms with Gasteiger partial charge in [-0.15, -0.1) is 0 Å². The average Bonchev–Trinajstić information content (AvgIpc) is 2.33. The first-order valence-electron chi connectivity index (χ1n) is 5.54. The molecule has 0 saturated heterocycles. The molecule has 14 heteroatoms. The average molecular weight is 387 g/mol. The van der Waals surface area contributed by atoms with Crippen molar-refractivity contribution in [3.05, 3.63) is 42.6 Å². The van der Waals surface area contributed by atoms with Gasteiger partial charge < -0.3 is 24.5 Å². The van der Waals surface area contributed by atoms with E-state index < -0.39 is 23.5 Å². The van der Waals surface area contributed by atoms with Gasteiger partial charge in [0.1, 0.15) is 0 Å². The van der Waals surface area contributed by atoms with Gasteiger partial charge >= 0.3 is 23.5 Å². The van der Waals surface area contributed by atoms with Crippen molar-refractivity contribution in [2.24, 2.45) is 0 Å². The highest BCUT2D eigenvalue weighted by Crippen LogP contribution is 2.64. The van der Waals surface area contributed by atoms with Crippen molar-refractivity contribution < 1.29 is 46.8 Å². The van der Waals surface area contributed by atoms with Gasteiger partial charge in [0.15, 0.2) is 0 Å². The van der Waals surface area contributed by atoms with Crippen LogP contribution in [0.3, 0.4) is 0 Å². The minimum absolute atomic E-state index is 1.06. The highest BCUT2D eigenvalue weighted by atomic mass is 31.3. The molecule has 23 heavy (non-hydrogen) atoms. The van der Waals surface area contributed by atoms with Gasteiger partial charge in [0.25, 0.3) is 0 Å². The summed E-state index contributed by atoms with van der Waals surface area (Å²) in [5.41, 5.74) is 1.06. The summed E-state index contributed by atoms with van der Waals surface area (Å²) in [6.07, 6.45) is 1.81. The third-order valence-corrected chi connectivity index (χ3v) is 5.28. The lowest BCUT2D eigenvalue weighted by Crippen LogP contribution is -1.91. The molecule has 0 unspecified atom stereocenters. The molecule has 11 nitrogen and oxygen atoms in total. The quantitative estimate of drug-likeness (QED) is 0.479. The Kier molecular flexibility index (Phi) is 6.76. The van der Waals surface area contributed by atoms with Crippen molar-refractivity contribution in [1.29, 1.82) is 0 Å². The minimum atomic E-state index is -5.46. The molecule has 0 aliphatic rings. The van der Waals surface area contributed by atoms with E-state index in [1.165, 1.54) is 5.39 Å². The van der Waals surface area contributed by atoms with Gasteiger partial charge in [0.2, 0.25) is 0 Å². The highest BCUT2D eigenvalue weighted by molar-refractivity contribution is 7.66. The Morgan fingerprint density at radius 3 is 1.74 bits per heavy atom. The van der Waals surface area contributed by atoms with E-state index >= 15 is 0 Å². The van der Waals surface area contributed by atoms with Crippen LogP contribution in [0.2, 0.25) is 0 Å². The largest absolute Gasteiger partial charge is 0.490 e. The maximum Gasteiger partial charge on any atom is 0.490 e. The van der Waals surface area contributed by atoms with Crippen molar-refractivity contribution in [2.75, 3.05) is 0 Å². The Bertz CT molecular complexity index is 706. The van der Waals surface area contributed by atoms with Crippen LogP contribution in [0.4, 0.5) is 0 Å². The first kappa shape index (κ1) is 20.1. The molecular formula is C9H12NO10P3. The van der Waals surface area contributed by atoms with Crippen molar-refractivity contribution >= 4 is 34.4 Å². The summed E-state index contributed by atoms with van der Waals surface area (Å²) in [7, 11) is -16.2. The highest BCUT2D eigenvalue weighted by Gasteiger charge is 2.38. The molecule has 0 aliphatic heterocycles. The predicted octanol–water partition coefficient (Wildman–Crippen LogP) is 1.54. The molecule has 2 aromatic rings. The monoisotopic (exact) mass is 387 g/mol. The van der Waals surface area contributed by atoms with Crippen LogP contribution < -0.4 is 0 Å². The predicted molar refractivity (Wildman–Crippen MR) is 77.8 cm³/mol. The molecule has 5 N–H and O–H groups in total. The molecule has 0 spiro atoms. The molecule has 0 atom stereocenters. The molecule has 0 saturated carbocycles. The Morgan fingerprint density at radius 1 is 0.783 bits per heavy atom. The van der Waals surface area contributed by atoms with E-state index in [1.807, 2.05) is 30.5 Å². The number of rotatable bonds is 4. The molecule has 0 fully saturated rings. The molecule has 0 aliphatic carbocycles. The van der Waals surface area contributed by atoms with Crippen LogP contribution in [0.5, 0.6) is 0 Å². The maximum absolute atomic E-state index is 10.4. The van der Waals surface area contributed by atoms with Crippen LogP contribution in [0.1, 0.15) is 0 Å². The summed E-state index contributed by atoms with van der Waals surface area (Å²) in [6.45, 7) is 0. The lowest BCUT2D eigenvalue weighted by Gasteiger charge is -2.11. The zero-order valence-electron chi connectivity index (χ0n) is 11.1. The topological polar surface area (TPSA) is 184 Å². The van der Waals surface area contributed by atoms with Crippen LogP contribution >= 0.6 is 23.5 Å². The van der Waals surface area contributed by atoms with Gasteiger partial charge in [-0.05, 0) is 12.1 Å². The van der Waals surface area contributed by atoms with Gasteiger partial charge in [0, 0.05) is 11.6 Å². The van der Waals surface area contributed by atoms with Gasteiger partial charge in [-0.1, -0.05) is 24.3 Å². The van der Waals surface area contributed by atoms with E-state index in [0.717, 1.165) is 5.52 Å². The normalized spacial score (nSPS) is 12.6. The van der Waals surface area contributed by atoms with E-state index in [0.29, 0.717) is 0 Å². The zero-order chi connectivity index (χ0) is 17.7. The Labute approximate surface area is 129 Å². The molecular weight excluding hydrogens is 375 g/mol. The number of benzene rings is 1. The summed E-state index contributed by atoms with van der Waals surface area (Å²) in [5.74, 6) is 0. The number of aromatic nitrogens is 1. The maximum atomic E-state index is 10.4. The Hall–Kier alpha value is -0.960. The van der Waals surface area contributed by atoms with Gasteiger partial charge in [-0.25, -0.2) is 13.7 Å². The number of hydrogen-bond donors (Lipinski definition) is 5. The lowest BCUT2D eigenvalue weighted by atomic mass is 10.2. The van der Waals surface area contributed by atoms with E-state index in [2.05, 4.69) is 25.7 Å². The van der Waals surface area contributed by atoms with Gasteiger partial charge in [-0.2, -0.15) is 8.62 Å². The second-order valence-electron chi connectivity index (χ2n) is 3.81. The van der Waals surface area contributed by atoms with Crippen molar-refractivity contribution in [2.45, 2.75) is 0 Å². The molecule has 1 aromatic carbocycles. The van der Waals surface area contributed by atoms with E-state index in [-0.39, 0.29) is 0 Å². The van der Waals surface area contributed by atoms with Gasteiger partial charge in [0.05, 0.1) is 5.52 Å². The minimum Gasteiger partial charge on any atom is -0.302 e. The second kappa shape index (κ2) is 7.74. The second-order valence-corrected chi connectivity index (χ2v) is 8.01. The molecule has 0 radical (unpaired) electrons. The van der Waals surface area contributed by atoms with Crippen LogP contribution in [-0.4, -0.2) is 29.5 Å². The molecule has 128 valence electrons. The smallest absolute Gasteiger partial charge is 0.302 e. The van der Waals surface area contributed by atoms with Gasteiger partial charge in [-0.3, -0.25) is 4.98 Å². The molecule has 2 rings (SSSR count). The molecule has 1 heterocycles. The Morgan fingerprint density at radius 2 is 1.26 bits per heavy atom. The molecule has 1 aromatic heterocycles. The number of para-hydroxylation sites is 1. The van der Waals surface area contributed by atoms with Crippen molar-refractivity contribution in [3.63, 3.8) is 0 Å². The first-order valence-corrected chi connectivity index (χ1v) is 10.1. The summed E-state index contributed by atoms with van der Waals surface area (Å²) in [4.78, 5) is 44.4. The summed E-state index contributed by atoms with van der Waals surface area (Å²) in [5, 5.41) is 1.20. The number of nitrogens with zero attached hydrogens (tertiary/aromatic N) is 1. The van der Waals surface area contributed by atoms with E-state index in [4.69, 9.17) is 24.5 Å².